The van der Waals surface area contributed by atoms with Crippen molar-refractivity contribution in [3.63, 3.8) is 0 Å². The van der Waals surface area contributed by atoms with Gasteiger partial charge in [-0.05, 0) is 26.7 Å². The van der Waals surface area contributed by atoms with Gasteiger partial charge in [0.25, 0.3) is 0 Å². The van der Waals surface area contributed by atoms with Crippen molar-refractivity contribution >= 4 is 0 Å². The molecule has 0 aromatic carbocycles. The highest BCUT2D eigenvalue weighted by molar-refractivity contribution is 5.06. The Kier molecular flexibility index (Phi) is 6.74. The van der Waals surface area contributed by atoms with Crippen LogP contribution in [0.1, 0.15) is 20.8 Å². The van der Waals surface area contributed by atoms with Crippen LogP contribution in [0.2, 0.25) is 0 Å². The third-order valence-electron chi connectivity index (χ3n) is 0.588. The fourth-order valence-electron chi connectivity index (χ4n) is 0.328. The van der Waals surface area contributed by atoms with Gasteiger partial charge in [-0.25, -0.2) is 0 Å². The van der Waals surface area contributed by atoms with Crippen molar-refractivity contribution in [1.82, 2.24) is 0 Å². The Balaban J connectivity index is 0. The van der Waals surface area contributed by atoms with E-state index in [0.717, 1.165) is 6.54 Å². The number of rotatable bonds is 0. The average Bonchev–Trinajstić information content (AvgIpc) is 1.59. The lowest BCUT2D eigenvalue weighted by Gasteiger charge is -2.05. The highest BCUT2D eigenvalue weighted by atomic mass is 127. The molecular formula is C7H14IN. The van der Waals surface area contributed by atoms with Crippen molar-refractivity contribution in [3.8, 4) is 11.8 Å². The first-order chi connectivity index (χ1) is 3.56. The van der Waals surface area contributed by atoms with E-state index >= 15 is 0 Å². The zero-order valence-corrected chi connectivity index (χ0v) is 8.45. The zero-order chi connectivity index (χ0) is 6.62. The average molecular weight is 239 g/mol. The summed E-state index contributed by atoms with van der Waals surface area (Å²) in [4.78, 5) is 0. The first-order valence-corrected chi connectivity index (χ1v) is 2.85. The van der Waals surface area contributed by atoms with Crippen LogP contribution in [0.5, 0.6) is 0 Å². The lowest BCUT2D eigenvalue weighted by atomic mass is 9.98. The van der Waals surface area contributed by atoms with Crippen LogP contribution in [-0.2, 0) is 0 Å². The zero-order valence-electron chi connectivity index (χ0n) is 6.29. The monoisotopic (exact) mass is 239 g/mol. The van der Waals surface area contributed by atoms with Crippen molar-refractivity contribution in [3.05, 3.63) is 0 Å². The Bertz CT molecular complexity index is 113. The number of hydrogen-bond acceptors (Lipinski definition) is 0. The maximum Gasteiger partial charge on any atom is 0.136 e. The molecule has 0 rings (SSSR count). The van der Waals surface area contributed by atoms with E-state index < -0.39 is 0 Å². The Morgan fingerprint density at radius 2 is 1.78 bits per heavy atom. The topological polar surface area (TPSA) is 27.6 Å². The van der Waals surface area contributed by atoms with E-state index in [9.17, 15) is 0 Å². The minimum atomic E-state index is 0. The summed E-state index contributed by atoms with van der Waals surface area (Å²) < 4.78 is 0. The summed E-state index contributed by atoms with van der Waals surface area (Å²) in [5.74, 6) is 5.99. The van der Waals surface area contributed by atoms with E-state index in [0.29, 0.717) is 0 Å². The highest BCUT2D eigenvalue weighted by Gasteiger charge is 2.02. The molecule has 0 unspecified atom stereocenters. The summed E-state index contributed by atoms with van der Waals surface area (Å²) in [6.45, 7) is 7.00. The van der Waals surface area contributed by atoms with Crippen molar-refractivity contribution in [1.29, 1.82) is 0 Å². The summed E-state index contributed by atoms with van der Waals surface area (Å²) in [5.41, 5.74) is 3.77. The molecule has 9 heavy (non-hydrogen) atoms. The molecule has 0 radical (unpaired) electrons. The van der Waals surface area contributed by atoms with Crippen LogP contribution >= 0.6 is 0 Å². The van der Waals surface area contributed by atoms with Crippen molar-refractivity contribution in [2.45, 2.75) is 20.8 Å². The van der Waals surface area contributed by atoms with Crippen LogP contribution in [0.15, 0.2) is 0 Å². The van der Waals surface area contributed by atoms with Crippen LogP contribution in [0.4, 0.5) is 0 Å². The van der Waals surface area contributed by atoms with Crippen molar-refractivity contribution in [2.75, 3.05) is 6.54 Å². The lowest BCUT2D eigenvalue weighted by Crippen LogP contribution is -3.00. The predicted molar refractivity (Wildman–Crippen MR) is 35.0 cm³/mol. The molecule has 0 saturated heterocycles. The van der Waals surface area contributed by atoms with E-state index in [4.69, 9.17) is 0 Å². The first-order valence-electron chi connectivity index (χ1n) is 2.85. The van der Waals surface area contributed by atoms with Gasteiger partial charge in [-0.3, -0.25) is 0 Å². The lowest BCUT2D eigenvalue weighted by molar-refractivity contribution is -0.349. The molecule has 0 aromatic rings. The fraction of sp³-hybridized carbons (Fsp3) is 0.714. The summed E-state index contributed by atoms with van der Waals surface area (Å²) in [6.07, 6.45) is 0. The smallest absolute Gasteiger partial charge is 0.136 e. The van der Waals surface area contributed by atoms with Gasteiger partial charge < -0.3 is 29.7 Å². The maximum atomic E-state index is 3.62. The molecule has 0 aromatic heterocycles. The number of halogens is 1. The number of hydrogen-bond donors (Lipinski definition) is 1. The Morgan fingerprint density at radius 1 is 1.33 bits per heavy atom. The van der Waals surface area contributed by atoms with Gasteiger partial charge in [0.15, 0.2) is 0 Å². The first kappa shape index (κ1) is 12.0. The van der Waals surface area contributed by atoms with E-state index in [1.54, 1.807) is 0 Å². The second-order valence-electron chi connectivity index (χ2n) is 2.80. The molecule has 0 aliphatic heterocycles. The molecule has 1 nitrogen and oxygen atoms in total. The third-order valence-corrected chi connectivity index (χ3v) is 0.588. The Morgan fingerprint density at radius 3 is 1.89 bits per heavy atom. The molecule has 0 spiro atoms. The summed E-state index contributed by atoms with van der Waals surface area (Å²) >= 11 is 0. The summed E-state index contributed by atoms with van der Waals surface area (Å²) in [6, 6.07) is 0. The quantitative estimate of drug-likeness (QED) is 0.351. The van der Waals surface area contributed by atoms with E-state index in [2.05, 4.69) is 38.3 Å². The number of quaternary nitrogens is 1. The largest absolute Gasteiger partial charge is 1.00 e. The normalized spacial score (nSPS) is 8.89. The summed E-state index contributed by atoms with van der Waals surface area (Å²) in [7, 11) is 0. The van der Waals surface area contributed by atoms with Crippen molar-refractivity contribution in [2.24, 2.45) is 5.41 Å². The van der Waals surface area contributed by atoms with Gasteiger partial charge in [-0.1, -0.05) is 5.92 Å². The van der Waals surface area contributed by atoms with Crippen LogP contribution in [0, 0.1) is 17.3 Å². The van der Waals surface area contributed by atoms with Gasteiger partial charge in [0.05, 0.1) is 0 Å². The van der Waals surface area contributed by atoms with E-state index in [1.807, 2.05) is 0 Å². The van der Waals surface area contributed by atoms with Gasteiger partial charge in [-0.2, -0.15) is 0 Å². The maximum absolute atomic E-state index is 3.62. The van der Waals surface area contributed by atoms with Gasteiger partial charge in [0.2, 0.25) is 0 Å². The molecule has 3 N–H and O–H groups in total. The van der Waals surface area contributed by atoms with Gasteiger partial charge in [0, 0.05) is 5.41 Å². The highest BCUT2D eigenvalue weighted by Crippen LogP contribution is 2.08. The molecule has 0 aliphatic carbocycles. The third kappa shape index (κ3) is 11.7. The Hall–Kier alpha value is 0.250. The molecule has 54 valence electrons. The van der Waals surface area contributed by atoms with E-state index in [1.165, 1.54) is 0 Å². The predicted octanol–water partition coefficient (Wildman–Crippen LogP) is -2.72. The molecule has 2 heteroatoms. The molecule has 0 atom stereocenters. The minimum absolute atomic E-state index is 0. The van der Waals surface area contributed by atoms with E-state index in [-0.39, 0.29) is 29.4 Å². The summed E-state index contributed by atoms with van der Waals surface area (Å²) in [5, 5.41) is 0. The molecule has 0 fully saturated rings. The van der Waals surface area contributed by atoms with Crippen LogP contribution < -0.4 is 29.7 Å². The second kappa shape index (κ2) is 5.07. The standard InChI is InChI=1S/C7H13N.HI/c1-7(2,3)5-4-6-8;/h6,8H2,1-3H3;1H. The molecule has 0 amide bonds. The molecule has 0 saturated carbocycles. The van der Waals surface area contributed by atoms with Gasteiger partial charge in [-0.15, -0.1) is 0 Å². The van der Waals surface area contributed by atoms with Crippen LogP contribution in [-0.4, -0.2) is 6.54 Å². The minimum Gasteiger partial charge on any atom is -1.00 e. The molecular weight excluding hydrogens is 225 g/mol. The van der Waals surface area contributed by atoms with Gasteiger partial charge >= 0.3 is 0 Å². The fourth-order valence-corrected chi connectivity index (χ4v) is 0.328. The molecule has 0 heterocycles. The molecule has 0 aliphatic rings. The van der Waals surface area contributed by atoms with Crippen LogP contribution in [0.3, 0.4) is 0 Å². The van der Waals surface area contributed by atoms with Gasteiger partial charge in [0.1, 0.15) is 6.54 Å². The van der Waals surface area contributed by atoms with Crippen molar-refractivity contribution < 1.29 is 29.7 Å². The molecule has 0 bridgehead atoms. The van der Waals surface area contributed by atoms with Crippen LogP contribution in [0.25, 0.3) is 0 Å². The Labute approximate surface area is 74.4 Å². The SMILES string of the molecule is CC(C)(C)C#CC[NH3+].[I-]. The second-order valence-corrected chi connectivity index (χ2v) is 2.80.